The van der Waals surface area contributed by atoms with Gasteiger partial charge in [0.1, 0.15) is 5.78 Å². The van der Waals surface area contributed by atoms with Gasteiger partial charge in [-0.15, -0.1) is 0 Å². The van der Waals surface area contributed by atoms with E-state index >= 15 is 0 Å². The molecular formula is C16H25NO2. The summed E-state index contributed by atoms with van der Waals surface area (Å²) < 4.78 is 0. The molecule has 0 aromatic heterocycles. The van der Waals surface area contributed by atoms with E-state index in [1.807, 2.05) is 0 Å². The Labute approximate surface area is 115 Å². The lowest BCUT2D eigenvalue weighted by atomic mass is 9.46. The van der Waals surface area contributed by atoms with Gasteiger partial charge in [0.05, 0.1) is 11.1 Å². The van der Waals surface area contributed by atoms with Crippen LogP contribution in [0.15, 0.2) is 0 Å². The predicted octanol–water partition coefficient (Wildman–Crippen LogP) is 1.98. The number of rotatable bonds is 0. The lowest BCUT2D eigenvalue weighted by molar-refractivity contribution is -0.249. The molecule has 2 heterocycles. The zero-order valence-electron chi connectivity index (χ0n) is 11.9. The number of hydrogen-bond donors (Lipinski definition) is 1. The summed E-state index contributed by atoms with van der Waals surface area (Å²) in [6.07, 6.45) is 6.89. The first-order valence-electron chi connectivity index (χ1n) is 8.08. The maximum atomic E-state index is 12.6. The van der Waals surface area contributed by atoms with E-state index < -0.39 is 5.60 Å². The second kappa shape index (κ2) is 3.82. The molecule has 2 bridgehead atoms. The molecule has 0 radical (unpaired) electrons. The summed E-state index contributed by atoms with van der Waals surface area (Å²) in [5, 5.41) is 11.5. The molecule has 0 unspecified atom stereocenters. The van der Waals surface area contributed by atoms with E-state index in [-0.39, 0.29) is 17.4 Å². The van der Waals surface area contributed by atoms with Crippen LogP contribution in [0, 0.1) is 17.8 Å². The maximum absolute atomic E-state index is 12.6. The number of nitrogens with zero attached hydrogens (tertiary/aromatic N) is 1. The van der Waals surface area contributed by atoms with E-state index in [4.69, 9.17) is 0 Å². The van der Waals surface area contributed by atoms with Gasteiger partial charge >= 0.3 is 0 Å². The normalized spacial score (nSPS) is 53.8. The van der Waals surface area contributed by atoms with Crippen LogP contribution < -0.4 is 0 Å². The van der Waals surface area contributed by atoms with Crippen molar-refractivity contribution >= 4 is 5.78 Å². The second-order valence-corrected chi connectivity index (χ2v) is 7.55. The number of ketones is 1. The Bertz CT molecular complexity index is 421. The van der Waals surface area contributed by atoms with Gasteiger partial charge in [-0.2, -0.15) is 0 Å². The molecule has 2 aliphatic carbocycles. The van der Waals surface area contributed by atoms with Gasteiger partial charge in [0.25, 0.3) is 0 Å². The molecule has 0 aromatic rings. The Morgan fingerprint density at radius 2 is 2.11 bits per heavy atom. The van der Waals surface area contributed by atoms with Crippen molar-refractivity contribution in [1.29, 1.82) is 0 Å². The molecule has 3 nitrogen and oxygen atoms in total. The van der Waals surface area contributed by atoms with Gasteiger partial charge in [0.15, 0.2) is 0 Å². The highest BCUT2D eigenvalue weighted by atomic mass is 16.3. The van der Waals surface area contributed by atoms with E-state index in [0.717, 1.165) is 51.6 Å². The molecule has 0 aromatic carbocycles. The summed E-state index contributed by atoms with van der Waals surface area (Å²) in [5.74, 6) is 1.44. The largest absolute Gasteiger partial charge is 0.388 e. The summed E-state index contributed by atoms with van der Waals surface area (Å²) in [5.41, 5.74) is -0.766. The van der Waals surface area contributed by atoms with E-state index in [1.165, 1.54) is 0 Å². The zero-order valence-corrected chi connectivity index (χ0v) is 11.9. The van der Waals surface area contributed by atoms with Crippen LogP contribution in [-0.2, 0) is 4.79 Å². The highest BCUT2D eigenvalue weighted by Gasteiger charge is 2.69. The SMILES string of the molecule is C[C@H]1C[C@@H]2CC(=O)[C@@H]3CCCN4CCC[C@]2(O)[C@@]34C1. The lowest BCUT2D eigenvalue weighted by Gasteiger charge is -2.69. The van der Waals surface area contributed by atoms with Crippen molar-refractivity contribution in [2.45, 2.75) is 63.0 Å². The summed E-state index contributed by atoms with van der Waals surface area (Å²) in [6.45, 7) is 4.49. The smallest absolute Gasteiger partial charge is 0.138 e. The first kappa shape index (κ1) is 12.3. The van der Waals surface area contributed by atoms with E-state index in [0.29, 0.717) is 18.1 Å². The van der Waals surface area contributed by atoms with Gasteiger partial charge in [-0.3, -0.25) is 9.69 Å². The Balaban J connectivity index is 1.89. The molecule has 1 N–H and O–H groups in total. The minimum Gasteiger partial charge on any atom is -0.388 e. The van der Waals surface area contributed by atoms with Gasteiger partial charge in [-0.1, -0.05) is 6.92 Å². The molecule has 19 heavy (non-hydrogen) atoms. The molecule has 4 rings (SSSR count). The molecule has 3 heteroatoms. The Kier molecular flexibility index (Phi) is 2.48. The van der Waals surface area contributed by atoms with E-state index in [1.54, 1.807) is 0 Å². The molecule has 1 spiro atoms. The number of piperidine rings is 2. The minimum atomic E-state index is -0.573. The monoisotopic (exact) mass is 263 g/mol. The van der Waals surface area contributed by atoms with Crippen LogP contribution >= 0.6 is 0 Å². The number of hydrogen-bond acceptors (Lipinski definition) is 3. The number of Topliss-reactive ketones (excluding diaryl/α,β-unsaturated/α-hetero) is 1. The van der Waals surface area contributed by atoms with Crippen molar-refractivity contribution in [1.82, 2.24) is 4.90 Å². The fraction of sp³-hybridized carbons (Fsp3) is 0.938. The quantitative estimate of drug-likeness (QED) is 0.726. The van der Waals surface area contributed by atoms with Gasteiger partial charge in [-0.05, 0) is 63.5 Å². The fourth-order valence-electron chi connectivity index (χ4n) is 6.15. The van der Waals surface area contributed by atoms with Crippen molar-refractivity contribution in [3.63, 3.8) is 0 Å². The van der Waals surface area contributed by atoms with Crippen molar-refractivity contribution < 1.29 is 9.90 Å². The molecule has 4 aliphatic rings. The first-order valence-corrected chi connectivity index (χ1v) is 8.08. The molecule has 0 amide bonds. The molecule has 2 aliphatic heterocycles. The van der Waals surface area contributed by atoms with Crippen molar-refractivity contribution in [2.75, 3.05) is 13.1 Å². The highest BCUT2D eigenvalue weighted by molar-refractivity contribution is 5.85. The number of carbonyl (C=O) groups is 1. The Morgan fingerprint density at radius 1 is 1.32 bits per heavy atom. The average molecular weight is 263 g/mol. The van der Waals surface area contributed by atoms with Crippen LogP contribution in [0.2, 0.25) is 0 Å². The third kappa shape index (κ3) is 1.33. The van der Waals surface area contributed by atoms with Gasteiger partial charge in [0, 0.05) is 12.3 Å². The topological polar surface area (TPSA) is 40.5 Å². The highest BCUT2D eigenvalue weighted by Crippen LogP contribution is 2.61. The van der Waals surface area contributed by atoms with Crippen molar-refractivity contribution in [2.24, 2.45) is 17.8 Å². The Hall–Kier alpha value is -0.410. The lowest BCUT2D eigenvalue weighted by Crippen LogP contribution is -2.79. The molecule has 106 valence electrons. The van der Waals surface area contributed by atoms with Gasteiger partial charge in [0.2, 0.25) is 0 Å². The number of aliphatic hydroxyl groups is 1. The van der Waals surface area contributed by atoms with Crippen molar-refractivity contribution in [3.05, 3.63) is 0 Å². The van der Waals surface area contributed by atoms with Crippen LogP contribution in [-0.4, -0.2) is 40.0 Å². The molecule has 2 saturated carbocycles. The number of carbonyl (C=O) groups excluding carboxylic acids is 1. The molecule has 5 atom stereocenters. The van der Waals surface area contributed by atoms with Crippen LogP contribution in [0.3, 0.4) is 0 Å². The predicted molar refractivity (Wildman–Crippen MR) is 72.7 cm³/mol. The van der Waals surface area contributed by atoms with E-state index in [2.05, 4.69) is 11.8 Å². The summed E-state index contributed by atoms with van der Waals surface area (Å²) in [7, 11) is 0. The zero-order chi connectivity index (χ0) is 13.3. The van der Waals surface area contributed by atoms with Crippen LogP contribution in [0.5, 0.6) is 0 Å². The summed E-state index contributed by atoms with van der Waals surface area (Å²) >= 11 is 0. The van der Waals surface area contributed by atoms with Crippen LogP contribution in [0.1, 0.15) is 51.9 Å². The van der Waals surface area contributed by atoms with Crippen LogP contribution in [0.25, 0.3) is 0 Å². The summed E-state index contributed by atoms with van der Waals surface area (Å²) in [6, 6.07) is 0. The van der Waals surface area contributed by atoms with Gasteiger partial charge in [-0.25, -0.2) is 0 Å². The van der Waals surface area contributed by atoms with E-state index in [9.17, 15) is 9.90 Å². The fourth-order valence-corrected chi connectivity index (χ4v) is 6.15. The third-order valence-corrected chi connectivity index (χ3v) is 6.66. The molecule has 2 saturated heterocycles. The third-order valence-electron chi connectivity index (χ3n) is 6.66. The molecule has 4 fully saturated rings. The minimum absolute atomic E-state index is 0.116. The van der Waals surface area contributed by atoms with Gasteiger partial charge < -0.3 is 5.11 Å². The maximum Gasteiger partial charge on any atom is 0.138 e. The average Bonchev–Trinajstić information content (AvgIpc) is 2.35. The van der Waals surface area contributed by atoms with Crippen molar-refractivity contribution in [3.8, 4) is 0 Å². The first-order chi connectivity index (χ1) is 9.08. The second-order valence-electron chi connectivity index (χ2n) is 7.55. The molecular weight excluding hydrogens is 238 g/mol. The summed E-state index contributed by atoms with van der Waals surface area (Å²) in [4.78, 5) is 15.1. The standard InChI is InChI=1S/C16H25NO2/c1-11-8-12-9-14(18)13-4-2-6-17-7-3-5-16(12,19)15(13,17)10-11/h11-13,19H,2-10H2,1H3/t11-,12+,13-,15+,16+/m0/s1. The Morgan fingerprint density at radius 3 is 2.95 bits per heavy atom. The van der Waals surface area contributed by atoms with Crippen LogP contribution in [0.4, 0.5) is 0 Å².